The maximum atomic E-state index is 14.2. The summed E-state index contributed by atoms with van der Waals surface area (Å²) in [6, 6.07) is 33.2. The first-order chi connectivity index (χ1) is 21.0. The fourth-order valence-corrected chi connectivity index (χ4v) is 5.50. The molecule has 1 aliphatic rings. The van der Waals surface area contributed by atoms with Crippen molar-refractivity contribution in [3.05, 3.63) is 137 Å². The Morgan fingerprint density at radius 2 is 1.12 bits per heavy atom. The van der Waals surface area contributed by atoms with Gasteiger partial charge in [-0.25, -0.2) is 4.90 Å². The molecule has 0 saturated heterocycles. The normalized spacial score (nSPS) is 13.2. The van der Waals surface area contributed by atoms with Gasteiger partial charge in [-0.2, -0.15) is 0 Å². The molecule has 1 heterocycles. The van der Waals surface area contributed by atoms with Gasteiger partial charge in [-0.05, 0) is 35.2 Å². The fourth-order valence-electron chi connectivity index (χ4n) is 5.50. The van der Waals surface area contributed by atoms with Gasteiger partial charge < -0.3 is 14.6 Å². The highest BCUT2D eigenvalue weighted by Crippen LogP contribution is 2.46. The van der Waals surface area contributed by atoms with E-state index in [4.69, 9.17) is 9.47 Å². The molecule has 5 aromatic carbocycles. The van der Waals surface area contributed by atoms with Crippen molar-refractivity contribution in [2.45, 2.75) is 32.5 Å². The zero-order valence-corrected chi connectivity index (χ0v) is 23.5. The Labute approximate surface area is 248 Å². The minimum absolute atomic E-state index is 0.142. The number of carbonyl (C=O) groups excluding carboxylic acids is 2. The van der Waals surface area contributed by atoms with Crippen LogP contribution in [-0.2, 0) is 18.0 Å². The summed E-state index contributed by atoms with van der Waals surface area (Å²) in [4.78, 5) is 41.1. The van der Waals surface area contributed by atoms with E-state index in [1.807, 2.05) is 84.9 Å². The molecule has 7 nitrogen and oxygen atoms in total. The first-order valence-corrected chi connectivity index (χ1v) is 14.1. The van der Waals surface area contributed by atoms with Crippen LogP contribution in [0.4, 0.5) is 5.69 Å². The quantitative estimate of drug-likeness (QED) is 0.176. The number of aliphatic carboxylic acids is 1. The van der Waals surface area contributed by atoms with E-state index in [2.05, 4.69) is 0 Å². The van der Waals surface area contributed by atoms with Crippen molar-refractivity contribution in [1.82, 2.24) is 0 Å². The molecule has 1 unspecified atom stereocenters. The maximum absolute atomic E-state index is 14.2. The van der Waals surface area contributed by atoms with Gasteiger partial charge in [0.05, 0.1) is 22.7 Å². The van der Waals surface area contributed by atoms with Crippen molar-refractivity contribution in [2.75, 3.05) is 4.90 Å². The molecule has 0 bridgehead atoms. The van der Waals surface area contributed by atoms with Crippen LogP contribution in [0, 0.1) is 0 Å². The molecule has 0 fully saturated rings. The fraction of sp³-hybridized carbons (Fsp3) is 0.139. The van der Waals surface area contributed by atoms with E-state index in [0.717, 1.165) is 16.0 Å². The van der Waals surface area contributed by atoms with E-state index in [1.165, 1.54) is 0 Å². The van der Waals surface area contributed by atoms with Crippen LogP contribution in [0.25, 0.3) is 10.8 Å². The molecule has 43 heavy (non-hydrogen) atoms. The number of anilines is 1. The number of carboxylic acid groups (broad SMARTS) is 1. The molecule has 7 heteroatoms. The summed E-state index contributed by atoms with van der Waals surface area (Å²) in [5.74, 6) is -2.04. The van der Waals surface area contributed by atoms with Gasteiger partial charge in [0.2, 0.25) is 0 Å². The van der Waals surface area contributed by atoms with Gasteiger partial charge >= 0.3 is 5.97 Å². The third kappa shape index (κ3) is 5.21. The maximum Gasteiger partial charge on any atom is 0.310 e. The van der Waals surface area contributed by atoms with Crippen LogP contribution in [0.15, 0.2) is 109 Å². The zero-order valence-electron chi connectivity index (χ0n) is 23.5. The number of nitrogens with zero attached hydrogens (tertiary/aromatic N) is 1. The number of imide groups is 1. The van der Waals surface area contributed by atoms with E-state index < -0.39 is 23.7 Å². The Morgan fingerprint density at radius 1 is 0.674 bits per heavy atom. The molecule has 2 amide bonds. The molecule has 0 saturated carbocycles. The SMILES string of the molecule is CCC(C(=O)O)c1ccc(N2C(=O)c3c(c(OCc4ccccc4)c4ccccc4c3OCc3ccccc3)C2=O)cc1. The molecule has 214 valence electrons. The van der Waals surface area contributed by atoms with Crippen LogP contribution >= 0.6 is 0 Å². The first kappa shape index (κ1) is 27.7. The predicted octanol–water partition coefficient (Wildman–Crippen LogP) is 7.38. The summed E-state index contributed by atoms with van der Waals surface area (Å²) in [6.07, 6.45) is 0.415. The molecule has 6 rings (SSSR count). The lowest BCUT2D eigenvalue weighted by molar-refractivity contribution is -0.138. The summed E-state index contributed by atoms with van der Waals surface area (Å²) in [5, 5.41) is 10.9. The lowest BCUT2D eigenvalue weighted by atomic mass is 9.96. The molecule has 1 atom stereocenters. The molecule has 0 radical (unpaired) electrons. The highest BCUT2D eigenvalue weighted by atomic mass is 16.5. The number of ether oxygens (including phenoxy) is 2. The van der Waals surface area contributed by atoms with Crippen LogP contribution in [0.3, 0.4) is 0 Å². The predicted molar refractivity (Wildman–Crippen MR) is 164 cm³/mol. The lowest BCUT2D eigenvalue weighted by Gasteiger charge is -2.17. The largest absolute Gasteiger partial charge is 0.487 e. The number of hydrogen-bond acceptors (Lipinski definition) is 5. The van der Waals surface area contributed by atoms with E-state index in [1.54, 1.807) is 31.2 Å². The highest BCUT2D eigenvalue weighted by Gasteiger charge is 2.43. The topological polar surface area (TPSA) is 93.1 Å². The summed E-state index contributed by atoms with van der Waals surface area (Å²) < 4.78 is 12.7. The van der Waals surface area contributed by atoms with Crippen molar-refractivity contribution in [3.8, 4) is 11.5 Å². The van der Waals surface area contributed by atoms with E-state index in [0.29, 0.717) is 39.9 Å². The minimum atomic E-state index is -0.928. The number of rotatable bonds is 10. The minimum Gasteiger partial charge on any atom is -0.487 e. The second kappa shape index (κ2) is 11.8. The third-order valence-electron chi connectivity index (χ3n) is 7.67. The molecule has 0 spiro atoms. The third-order valence-corrected chi connectivity index (χ3v) is 7.67. The van der Waals surface area contributed by atoms with Gasteiger partial charge in [-0.15, -0.1) is 0 Å². The number of amides is 2. The second-order valence-electron chi connectivity index (χ2n) is 10.3. The molecule has 1 aliphatic heterocycles. The average Bonchev–Trinajstić information content (AvgIpc) is 3.29. The smallest absolute Gasteiger partial charge is 0.310 e. The van der Waals surface area contributed by atoms with Gasteiger partial charge in [-0.1, -0.05) is 104 Å². The van der Waals surface area contributed by atoms with Gasteiger partial charge in [0, 0.05) is 10.8 Å². The van der Waals surface area contributed by atoms with Crippen LogP contribution in [-0.4, -0.2) is 22.9 Å². The van der Waals surface area contributed by atoms with E-state index in [9.17, 15) is 19.5 Å². The Morgan fingerprint density at radius 3 is 1.53 bits per heavy atom. The van der Waals surface area contributed by atoms with Crippen molar-refractivity contribution < 1.29 is 29.0 Å². The molecule has 1 N–H and O–H groups in total. The lowest BCUT2D eigenvalue weighted by Crippen LogP contribution is -2.29. The average molecular weight is 572 g/mol. The number of hydrogen-bond donors (Lipinski definition) is 1. The van der Waals surface area contributed by atoms with Crippen molar-refractivity contribution >= 4 is 34.2 Å². The van der Waals surface area contributed by atoms with Gasteiger partial charge in [0.15, 0.2) is 0 Å². The highest BCUT2D eigenvalue weighted by molar-refractivity contribution is 6.38. The van der Waals surface area contributed by atoms with Crippen LogP contribution in [0.2, 0.25) is 0 Å². The van der Waals surface area contributed by atoms with Crippen molar-refractivity contribution in [3.63, 3.8) is 0 Å². The van der Waals surface area contributed by atoms with E-state index in [-0.39, 0.29) is 24.3 Å². The summed E-state index contributed by atoms with van der Waals surface area (Å²) in [5.41, 5.74) is 3.05. The van der Waals surface area contributed by atoms with Gasteiger partial charge in [0.1, 0.15) is 24.7 Å². The molecule has 5 aromatic rings. The molecule has 0 aromatic heterocycles. The monoisotopic (exact) mass is 571 g/mol. The second-order valence-corrected chi connectivity index (χ2v) is 10.3. The number of carboxylic acids is 1. The first-order valence-electron chi connectivity index (χ1n) is 14.1. The Bertz CT molecular complexity index is 1710. The number of carbonyl (C=O) groups is 3. The Balaban J connectivity index is 1.47. The summed E-state index contributed by atoms with van der Waals surface area (Å²) in [7, 11) is 0. The van der Waals surface area contributed by atoms with Gasteiger partial charge in [-0.3, -0.25) is 14.4 Å². The molecular formula is C36H29NO6. The molecule has 0 aliphatic carbocycles. The summed E-state index contributed by atoms with van der Waals surface area (Å²) in [6.45, 7) is 2.20. The number of benzene rings is 5. The van der Waals surface area contributed by atoms with Gasteiger partial charge in [0.25, 0.3) is 11.8 Å². The zero-order chi connectivity index (χ0) is 29.9. The van der Waals surface area contributed by atoms with Crippen LogP contribution < -0.4 is 14.4 Å². The number of fused-ring (bicyclic) bond motifs is 2. The Hall–Kier alpha value is -5.43. The van der Waals surface area contributed by atoms with E-state index >= 15 is 0 Å². The van der Waals surface area contributed by atoms with Crippen LogP contribution in [0.1, 0.15) is 56.7 Å². The van der Waals surface area contributed by atoms with Crippen LogP contribution in [0.5, 0.6) is 11.5 Å². The summed E-state index contributed by atoms with van der Waals surface area (Å²) >= 11 is 0. The standard InChI is InChI=1S/C36H29NO6/c1-2-27(36(40)41)25-17-19-26(20-18-25)37-34(38)30-31(35(37)39)33(43-22-24-13-7-4-8-14-24)29-16-10-9-15-28(29)32(30)42-21-23-11-5-3-6-12-23/h3-20,27H,2,21-22H2,1H3,(H,40,41). The van der Waals surface area contributed by atoms with Crippen molar-refractivity contribution in [1.29, 1.82) is 0 Å². The molecular weight excluding hydrogens is 542 g/mol. The Kier molecular flexibility index (Phi) is 7.62. The van der Waals surface area contributed by atoms with Crippen molar-refractivity contribution in [2.24, 2.45) is 0 Å².